The third kappa shape index (κ3) is 3.90. The number of ether oxygens (including phenoxy) is 1. The van der Waals surface area contributed by atoms with Crippen LogP contribution in [0.25, 0.3) is 0 Å². The van der Waals surface area contributed by atoms with Gasteiger partial charge in [-0.05, 0) is 32.0 Å². The molecule has 0 spiro atoms. The van der Waals surface area contributed by atoms with Gasteiger partial charge in [0.25, 0.3) is 0 Å². The van der Waals surface area contributed by atoms with E-state index in [0.717, 1.165) is 12.3 Å². The predicted octanol–water partition coefficient (Wildman–Crippen LogP) is 2.98. The highest BCUT2D eigenvalue weighted by Crippen LogP contribution is 2.26. The molecule has 2 atom stereocenters. The van der Waals surface area contributed by atoms with Crippen LogP contribution in [0.5, 0.6) is 0 Å². The molecule has 1 aromatic carbocycles. The molecule has 1 N–H and O–H groups in total. The minimum atomic E-state index is -0.320. The molecule has 0 saturated carbocycles. The molecule has 3 rings (SSSR count). The number of morpholine rings is 1. The number of thioether (sulfide) groups is 1. The van der Waals surface area contributed by atoms with Gasteiger partial charge in [-0.2, -0.15) is 0 Å². The van der Waals surface area contributed by atoms with Crippen LogP contribution in [0.3, 0.4) is 0 Å². The van der Waals surface area contributed by atoms with Gasteiger partial charge in [0.15, 0.2) is 0 Å². The SMILES string of the molecule is C[C@@H]1CN(c2ccc(NC(=O)N3CCSC3)cc2F)C[C@@H](C)O1. The Balaban J connectivity index is 1.69. The van der Waals surface area contributed by atoms with Crippen molar-refractivity contribution in [1.82, 2.24) is 4.90 Å². The minimum Gasteiger partial charge on any atom is -0.372 e. The Morgan fingerprint density at radius 3 is 2.70 bits per heavy atom. The Morgan fingerprint density at radius 1 is 1.35 bits per heavy atom. The van der Waals surface area contributed by atoms with E-state index in [0.29, 0.717) is 30.3 Å². The number of nitrogens with zero attached hydrogens (tertiary/aromatic N) is 2. The van der Waals surface area contributed by atoms with Crippen LogP contribution in [-0.2, 0) is 4.74 Å². The molecule has 5 nitrogen and oxygen atoms in total. The predicted molar refractivity (Wildman–Crippen MR) is 91.7 cm³/mol. The first-order chi connectivity index (χ1) is 11.0. The molecule has 0 aromatic heterocycles. The lowest BCUT2D eigenvalue weighted by Gasteiger charge is -2.37. The Bertz CT molecular complexity index is 570. The van der Waals surface area contributed by atoms with Crippen molar-refractivity contribution < 1.29 is 13.9 Å². The van der Waals surface area contributed by atoms with E-state index in [1.165, 1.54) is 6.07 Å². The molecule has 7 heteroatoms. The van der Waals surface area contributed by atoms with Gasteiger partial charge in [0, 0.05) is 31.1 Å². The summed E-state index contributed by atoms with van der Waals surface area (Å²) in [5, 5.41) is 2.76. The Kier molecular flexibility index (Phi) is 4.96. The van der Waals surface area contributed by atoms with Crippen LogP contribution in [0.2, 0.25) is 0 Å². The van der Waals surface area contributed by atoms with Gasteiger partial charge in [-0.3, -0.25) is 0 Å². The summed E-state index contributed by atoms with van der Waals surface area (Å²) in [7, 11) is 0. The lowest BCUT2D eigenvalue weighted by atomic mass is 10.2. The van der Waals surface area contributed by atoms with E-state index in [4.69, 9.17) is 4.74 Å². The average molecular weight is 339 g/mol. The average Bonchev–Trinajstić information content (AvgIpc) is 3.00. The van der Waals surface area contributed by atoms with Crippen molar-refractivity contribution >= 4 is 29.2 Å². The highest BCUT2D eigenvalue weighted by atomic mass is 32.2. The molecule has 2 saturated heterocycles. The molecule has 0 bridgehead atoms. The number of hydrogen-bond donors (Lipinski definition) is 1. The summed E-state index contributed by atoms with van der Waals surface area (Å²) >= 11 is 1.72. The molecule has 2 heterocycles. The van der Waals surface area contributed by atoms with Gasteiger partial charge >= 0.3 is 6.03 Å². The zero-order valence-electron chi connectivity index (χ0n) is 13.4. The summed E-state index contributed by atoms with van der Waals surface area (Å²) in [6.45, 7) is 6.04. The van der Waals surface area contributed by atoms with Crippen LogP contribution in [0.15, 0.2) is 18.2 Å². The van der Waals surface area contributed by atoms with Crippen LogP contribution in [0.1, 0.15) is 13.8 Å². The quantitative estimate of drug-likeness (QED) is 0.900. The first kappa shape index (κ1) is 16.4. The smallest absolute Gasteiger partial charge is 0.322 e. The van der Waals surface area contributed by atoms with Gasteiger partial charge in [-0.15, -0.1) is 11.8 Å². The molecule has 2 aliphatic rings. The molecule has 23 heavy (non-hydrogen) atoms. The summed E-state index contributed by atoms with van der Waals surface area (Å²) in [6.07, 6.45) is 0.149. The second-order valence-electron chi connectivity index (χ2n) is 6.06. The van der Waals surface area contributed by atoms with E-state index in [1.54, 1.807) is 28.8 Å². The van der Waals surface area contributed by atoms with Crippen molar-refractivity contribution in [3.05, 3.63) is 24.0 Å². The number of carbonyl (C=O) groups excluding carboxylic acids is 1. The number of nitrogens with one attached hydrogen (secondary N) is 1. The summed E-state index contributed by atoms with van der Waals surface area (Å²) in [6, 6.07) is 4.70. The van der Waals surface area contributed by atoms with E-state index in [1.807, 2.05) is 18.7 Å². The molecule has 126 valence electrons. The first-order valence-corrected chi connectivity index (χ1v) is 9.02. The lowest BCUT2D eigenvalue weighted by Crippen LogP contribution is -2.45. The fourth-order valence-corrected chi connectivity index (χ4v) is 3.94. The molecular formula is C16H22FN3O2S. The van der Waals surface area contributed by atoms with Crippen LogP contribution >= 0.6 is 11.8 Å². The lowest BCUT2D eigenvalue weighted by molar-refractivity contribution is -0.00539. The molecule has 2 aliphatic heterocycles. The summed E-state index contributed by atoms with van der Waals surface area (Å²) in [5.41, 5.74) is 1.05. The summed E-state index contributed by atoms with van der Waals surface area (Å²) in [4.78, 5) is 15.8. The van der Waals surface area contributed by atoms with Gasteiger partial charge in [0.1, 0.15) is 5.82 Å². The normalized spacial score (nSPS) is 24.8. The molecule has 0 aliphatic carbocycles. The van der Waals surface area contributed by atoms with Gasteiger partial charge in [-0.1, -0.05) is 0 Å². The fraction of sp³-hybridized carbons (Fsp3) is 0.562. The second kappa shape index (κ2) is 6.97. The molecule has 2 fully saturated rings. The second-order valence-corrected chi connectivity index (χ2v) is 7.13. The molecule has 0 radical (unpaired) electrons. The number of urea groups is 1. The standard InChI is InChI=1S/C16H22FN3O2S/c1-11-8-20(9-12(2)22-11)15-4-3-13(7-14(15)17)18-16(21)19-5-6-23-10-19/h3-4,7,11-12H,5-6,8-10H2,1-2H3,(H,18,21)/t11-,12-/m1/s1. The molecule has 1 aromatic rings. The number of anilines is 2. The maximum Gasteiger partial charge on any atom is 0.322 e. The van der Waals surface area contributed by atoms with Crippen molar-refractivity contribution in [1.29, 1.82) is 0 Å². The van der Waals surface area contributed by atoms with Gasteiger partial charge in [0.2, 0.25) is 0 Å². The summed E-state index contributed by atoms with van der Waals surface area (Å²) < 4.78 is 20.1. The third-order valence-electron chi connectivity index (χ3n) is 4.00. The number of halogens is 1. The van der Waals surface area contributed by atoms with Crippen LogP contribution in [0, 0.1) is 5.82 Å². The van der Waals surface area contributed by atoms with Crippen LogP contribution in [0.4, 0.5) is 20.6 Å². The van der Waals surface area contributed by atoms with Crippen LogP contribution < -0.4 is 10.2 Å². The zero-order valence-corrected chi connectivity index (χ0v) is 14.2. The Labute approximate surface area is 140 Å². The largest absolute Gasteiger partial charge is 0.372 e. The Hall–Kier alpha value is -1.47. The maximum atomic E-state index is 14.5. The minimum absolute atomic E-state index is 0.0743. The van der Waals surface area contributed by atoms with E-state index >= 15 is 0 Å². The third-order valence-corrected chi connectivity index (χ3v) is 4.96. The van der Waals surface area contributed by atoms with Gasteiger partial charge < -0.3 is 19.9 Å². The highest BCUT2D eigenvalue weighted by Gasteiger charge is 2.24. The van der Waals surface area contributed by atoms with Gasteiger partial charge in [-0.25, -0.2) is 9.18 Å². The number of rotatable bonds is 2. The maximum absolute atomic E-state index is 14.5. The highest BCUT2D eigenvalue weighted by molar-refractivity contribution is 7.99. The number of hydrogen-bond acceptors (Lipinski definition) is 4. The van der Waals surface area contributed by atoms with Crippen molar-refractivity contribution in [3.63, 3.8) is 0 Å². The van der Waals surface area contributed by atoms with Crippen molar-refractivity contribution in [2.45, 2.75) is 26.1 Å². The Morgan fingerprint density at radius 2 is 2.09 bits per heavy atom. The van der Waals surface area contributed by atoms with E-state index in [9.17, 15) is 9.18 Å². The first-order valence-electron chi connectivity index (χ1n) is 7.86. The van der Waals surface area contributed by atoms with Crippen molar-refractivity contribution in [2.75, 3.05) is 41.5 Å². The van der Waals surface area contributed by atoms with Crippen molar-refractivity contribution in [3.8, 4) is 0 Å². The molecule has 2 amide bonds. The molecule has 0 unspecified atom stereocenters. The number of amides is 2. The van der Waals surface area contributed by atoms with E-state index < -0.39 is 0 Å². The van der Waals surface area contributed by atoms with Crippen molar-refractivity contribution in [2.24, 2.45) is 0 Å². The number of benzene rings is 1. The fourth-order valence-electron chi connectivity index (χ4n) is 2.99. The monoisotopic (exact) mass is 339 g/mol. The zero-order chi connectivity index (χ0) is 16.4. The van der Waals surface area contributed by atoms with E-state index in [2.05, 4.69) is 5.32 Å². The topological polar surface area (TPSA) is 44.8 Å². The summed E-state index contributed by atoms with van der Waals surface area (Å²) in [5.74, 6) is 1.32. The molecular weight excluding hydrogens is 317 g/mol. The van der Waals surface area contributed by atoms with E-state index in [-0.39, 0.29) is 24.1 Å². The number of carbonyl (C=O) groups is 1. The van der Waals surface area contributed by atoms with Crippen LogP contribution in [-0.4, -0.2) is 54.4 Å². The van der Waals surface area contributed by atoms with Gasteiger partial charge in [0.05, 0.1) is 23.8 Å².